The van der Waals surface area contributed by atoms with Crippen LogP contribution in [0.25, 0.3) is 5.82 Å². The van der Waals surface area contributed by atoms with Crippen LogP contribution in [0.3, 0.4) is 0 Å². The summed E-state index contributed by atoms with van der Waals surface area (Å²) in [6.45, 7) is 4.84. The number of methoxy groups -OCH3 is 1. The van der Waals surface area contributed by atoms with Crippen molar-refractivity contribution in [1.29, 1.82) is 0 Å². The third kappa shape index (κ3) is 4.42. The third-order valence-corrected chi connectivity index (χ3v) is 5.45. The van der Waals surface area contributed by atoms with Crippen molar-refractivity contribution in [2.75, 3.05) is 38.2 Å². The molecule has 1 aromatic carbocycles. The van der Waals surface area contributed by atoms with E-state index in [1.165, 1.54) is 0 Å². The van der Waals surface area contributed by atoms with Crippen molar-refractivity contribution in [1.82, 2.24) is 24.6 Å². The van der Waals surface area contributed by atoms with Gasteiger partial charge in [-0.05, 0) is 43.2 Å². The van der Waals surface area contributed by atoms with E-state index in [4.69, 9.17) is 4.74 Å². The van der Waals surface area contributed by atoms with Crippen LogP contribution in [0.15, 0.2) is 48.8 Å². The summed E-state index contributed by atoms with van der Waals surface area (Å²) in [6.07, 6.45) is 4.87. The molecule has 1 aliphatic rings. The van der Waals surface area contributed by atoms with Gasteiger partial charge in [0, 0.05) is 45.0 Å². The summed E-state index contributed by atoms with van der Waals surface area (Å²) in [5.74, 6) is 3.49. The topological polar surface area (TPSA) is 76.4 Å². The Morgan fingerprint density at radius 3 is 2.30 bits per heavy atom. The molecule has 4 rings (SSSR count). The van der Waals surface area contributed by atoms with Crippen LogP contribution >= 0.6 is 0 Å². The Balaban J connectivity index is 1.28. The first-order valence-corrected chi connectivity index (χ1v) is 10.1. The summed E-state index contributed by atoms with van der Waals surface area (Å²) in [4.78, 5) is 20.9. The zero-order valence-electron chi connectivity index (χ0n) is 17.4. The van der Waals surface area contributed by atoms with Gasteiger partial charge in [0.2, 0.25) is 5.91 Å². The molecule has 8 nitrogen and oxygen atoms in total. The average molecular weight is 406 g/mol. The van der Waals surface area contributed by atoms with Gasteiger partial charge in [0.05, 0.1) is 7.11 Å². The van der Waals surface area contributed by atoms with E-state index in [0.717, 1.165) is 48.3 Å². The maximum absolute atomic E-state index is 12.6. The van der Waals surface area contributed by atoms with Crippen molar-refractivity contribution in [3.8, 4) is 11.6 Å². The van der Waals surface area contributed by atoms with Crippen molar-refractivity contribution in [3.05, 3.63) is 60.2 Å². The predicted molar refractivity (Wildman–Crippen MR) is 114 cm³/mol. The van der Waals surface area contributed by atoms with E-state index < -0.39 is 0 Å². The molecule has 0 atom stereocenters. The van der Waals surface area contributed by atoms with Gasteiger partial charge in [0.25, 0.3) is 0 Å². The fourth-order valence-corrected chi connectivity index (χ4v) is 3.62. The summed E-state index contributed by atoms with van der Waals surface area (Å²) < 4.78 is 7.07. The van der Waals surface area contributed by atoms with Crippen molar-refractivity contribution in [2.45, 2.75) is 19.8 Å². The number of nitrogens with zero attached hydrogens (tertiary/aromatic N) is 6. The molecule has 0 spiro atoms. The molecule has 1 aliphatic heterocycles. The normalized spacial score (nSPS) is 14.1. The number of aromatic nitrogens is 4. The number of piperazine rings is 1. The van der Waals surface area contributed by atoms with Crippen LogP contribution in [0.4, 0.5) is 5.82 Å². The minimum absolute atomic E-state index is 0.197. The number of ether oxygens (including phenoxy) is 1. The van der Waals surface area contributed by atoms with E-state index in [1.54, 1.807) is 13.3 Å². The standard InChI is InChI=1S/C22H26N6O2/c1-17-23-11-12-28(17)21-9-8-20(24-25-21)26-13-15-27(16-14-26)22(29)10-5-18-3-6-19(30-2)7-4-18/h3-4,6-9,11-12H,5,10,13-16H2,1-2H3. The number of anilines is 1. The van der Waals surface area contributed by atoms with E-state index in [2.05, 4.69) is 20.1 Å². The first-order valence-electron chi connectivity index (χ1n) is 10.1. The Morgan fingerprint density at radius 2 is 1.70 bits per heavy atom. The summed E-state index contributed by atoms with van der Waals surface area (Å²) in [7, 11) is 1.65. The van der Waals surface area contributed by atoms with Crippen LogP contribution < -0.4 is 9.64 Å². The Labute approximate surface area is 176 Å². The Kier molecular flexibility index (Phi) is 5.92. The third-order valence-electron chi connectivity index (χ3n) is 5.45. The van der Waals surface area contributed by atoms with Gasteiger partial charge in [-0.15, -0.1) is 10.2 Å². The molecule has 1 amide bonds. The average Bonchev–Trinajstić information content (AvgIpc) is 3.24. The molecule has 3 heterocycles. The second-order valence-corrected chi connectivity index (χ2v) is 7.31. The molecule has 30 heavy (non-hydrogen) atoms. The van der Waals surface area contributed by atoms with E-state index >= 15 is 0 Å². The molecule has 2 aromatic heterocycles. The summed E-state index contributed by atoms with van der Waals surface area (Å²) in [5, 5.41) is 8.70. The lowest BCUT2D eigenvalue weighted by atomic mass is 10.1. The number of rotatable bonds is 6. The van der Waals surface area contributed by atoms with Crippen LogP contribution in [0, 0.1) is 6.92 Å². The molecule has 0 unspecified atom stereocenters. The van der Waals surface area contributed by atoms with E-state index in [9.17, 15) is 4.79 Å². The van der Waals surface area contributed by atoms with Crippen LogP contribution in [0.5, 0.6) is 5.75 Å². The molecule has 1 saturated heterocycles. The number of imidazole rings is 1. The van der Waals surface area contributed by atoms with Gasteiger partial charge in [-0.3, -0.25) is 9.36 Å². The fraction of sp³-hybridized carbons (Fsp3) is 0.364. The Hall–Kier alpha value is -3.42. The smallest absolute Gasteiger partial charge is 0.223 e. The number of benzene rings is 1. The van der Waals surface area contributed by atoms with Crippen molar-refractivity contribution >= 4 is 11.7 Å². The maximum atomic E-state index is 12.6. The van der Waals surface area contributed by atoms with Crippen molar-refractivity contribution in [3.63, 3.8) is 0 Å². The maximum Gasteiger partial charge on any atom is 0.223 e. The number of hydrogen-bond acceptors (Lipinski definition) is 6. The number of carbonyl (C=O) groups is 1. The van der Waals surface area contributed by atoms with E-state index in [0.29, 0.717) is 19.5 Å². The quantitative estimate of drug-likeness (QED) is 0.625. The molecule has 8 heteroatoms. The highest BCUT2D eigenvalue weighted by Crippen LogP contribution is 2.17. The van der Waals surface area contributed by atoms with Crippen molar-refractivity contribution < 1.29 is 9.53 Å². The molecule has 0 aliphatic carbocycles. The van der Waals surface area contributed by atoms with Gasteiger partial charge in [0.15, 0.2) is 11.6 Å². The van der Waals surface area contributed by atoms with E-state index in [1.807, 2.05) is 59.0 Å². The number of carbonyl (C=O) groups excluding carboxylic acids is 1. The van der Waals surface area contributed by atoms with Gasteiger partial charge in [-0.2, -0.15) is 0 Å². The van der Waals surface area contributed by atoms with Crippen molar-refractivity contribution in [2.24, 2.45) is 0 Å². The molecule has 0 bridgehead atoms. The SMILES string of the molecule is COc1ccc(CCC(=O)N2CCN(c3ccc(-n4ccnc4C)nn3)CC2)cc1. The van der Waals surface area contributed by atoms with Gasteiger partial charge >= 0.3 is 0 Å². The first kappa shape index (κ1) is 19.9. The largest absolute Gasteiger partial charge is 0.497 e. The van der Waals surface area contributed by atoms with Gasteiger partial charge < -0.3 is 14.5 Å². The van der Waals surface area contributed by atoms with E-state index in [-0.39, 0.29) is 5.91 Å². The zero-order valence-corrected chi connectivity index (χ0v) is 17.4. The van der Waals surface area contributed by atoms with Gasteiger partial charge in [0.1, 0.15) is 11.6 Å². The van der Waals surface area contributed by atoms with Crippen LogP contribution in [-0.2, 0) is 11.2 Å². The fourth-order valence-electron chi connectivity index (χ4n) is 3.62. The second kappa shape index (κ2) is 8.94. The molecule has 3 aromatic rings. The Bertz CT molecular complexity index is 976. The predicted octanol–water partition coefficient (Wildman–Crippen LogP) is 2.26. The molecule has 0 N–H and O–H groups in total. The highest BCUT2D eigenvalue weighted by atomic mass is 16.5. The monoisotopic (exact) mass is 406 g/mol. The molecular weight excluding hydrogens is 380 g/mol. The lowest BCUT2D eigenvalue weighted by Crippen LogP contribution is -2.49. The second-order valence-electron chi connectivity index (χ2n) is 7.31. The lowest BCUT2D eigenvalue weighted by Gasteiger charge is -2.35. The number of aryl methyl sites for hydroxylation is 2. The molecular formula is C22H26N6O2. The number of hydrogen-bond donors (Lipinski definition) is 0. The van der Waals surface area contributed by atoms with Crippen LogP contribution in [-0.4, -0.2) is 63.8 Å². The summed E-state index contributed by atoms with van der Waals surface area (Å²) in [6, 6.07) is 11.8. The molecule has 1 fully saturated rings. The Morgan fingerprint density at radius 1 is 1.00 bits per heavy atom. The summed E-state index contributed by atoms with van der Waals surface area (Å²) >= 11 is 0. The van der Waals surface area contributed by atoms with Crippen LogP contribution in [0.1, 0.15) is 17.8 Å². The number of amides is 1. The summed E-state index contributed by atoms with van der Waals surface area (Å²) in [5.41, 5.74) is 1.14. The highest BCUT2D eigenvalue weighted by molar-refractivity contribution is 5.76. The highest BCUT2D eigenvalue weighted by Gasteiger charge is 2.22. The minimum Gasteiger partial charge on any atom is -0.497 e. The van der Waals surface area contributed by atoms with Gasteiger partial charge in [-0.25, -0.2) is 4.98 Å². The van der Waals surface area contributed by atoms with Gasteiger partial charge in [-0.1, -0.05) is 12.1 Å². The minimum atomic E-state index is 0.197. The molecule has 0 saturated carbocycles. The van der Waals surface area contributed by atoms with Crippen LogP contribution in [0.2, 0.25) is 0 Å². The lowest BCUT2D eigenvalue weighted by molar-refractivity contribution is -0.131. The molecule has 0 radical (unpaired) electrons. The molecule has 156 valence electrons. The zero-order chi connectivity index (χ0) is 20.9. The first-order chi connectivity index (χ1) is 14.6.